The van der Waals surface area contributed by atoms with Crippen molar-refractivity contribution in [2.75, 3.05) is 18.9 Å². The van der Waals surface area contributed by atoms with E-state index in [4.69, 9.17) is 5.26 Å². The van der Waals surface area contributed by atoms with E-state index in [0.717, 1.165) is 35.9 Å². The van der Waals surface area contributed by atoms with Gasteiger partial charge in [0.15, 0.2) is 0 Å². The van der Waals surface area contributed by atoms with E-state index >= 15 is 0 Å². The second-order valence-corrected chi connectivity index (χ2v) is 5.32. The maximum atomic E-state index is 8.91. The van der Waals surface area contributed by atoms with Crippen LogP contribution in [0.1, 0.15) is 23.7 Å². The van der Waals surface area contributed by atoms with Crippen molar-refractivity contribution in [3.8, 4) is 6.07 Å². The molecule has 1 N–H and O–H groups in total. The Labute approximate surface area is 123 Å². The predicted octanol–water partition coefficient (Wildman–Crippen LogP) is 2.47. The highest BCUT2D eigenvalue weighted by molar-refractivity contribution is 7.10. The number of nitrogens with zero attached hydrogens (tertiary/aromatic N) is 4. The Hall–Kier alpha value is -1.97. The van der Waals surface area contributed by atoms with Gasteiger partial charge in [-0.1, -0.05) is 16.6 Å². The molecule has 104 valence electrons. The Morgan fingerprint density at radius 1 is 1.40 bits per heavy atom. The number of anilines is 1. The van der Waals surface area contributed by atoms with Crippen LogP contribution < -0.4 is 5.32 Å². The third-order valence-electron chi connectivity index (χ3n) is 2.82. The maximum absolute atomic E-state index is 8.91. The van der Waals surface area contributed by atoms with Gasteiger partial charge in [0, 0.05) is 31.2 Å². The Morgan fingerprint density at radius 2 is 2.25 bits per heavy atom. The summed E-state index contributed by atoms with van der Waals surface area (Å²) in [6.45, 7) is 4.43. The Kier molecular flexibility index (Phi) is 5.04. The van der Waals surface area contributed by atoms with Gasteiger partial charge in [-0.2, -0.15) is 5.26 Å². The van der Waals surface area contributed by atoms with Gasteiger partial charge in [-0.15, -0.1) is 5.10 Å². The molecule has 0 aliphatic rings. The number of rotatable bonds is 6. The van der Waals surface area contributed by atoms with Crippen LogP contribution in [0.25, 0.3) is 0 Å². The summed E-state index contributed by atoms with van der Waals surface area (Å²) in [6, 6.07) is 9.84. The van der Waals surface area contributed by atoms with E-state index in [2.05, 4.69) is 32.8 Å². The lowest BCUT2D eigenvalue weighted by atomic mass is 10.1. The molecule has 0 amide bonds. The molecule has 0 unspecified atom stereocenters. The monoisotopic (exact) mass is 287 g/mol. The van der Waals surface area contributed by atoms with Crippen LogP contribution in [0.3, 0.4) is 0 Å². The number of hydrogen-bond acceptors (Lipinski definition) is 6. The average Bonchev–Trinajstić information content (AvgIpc) is 2.86. The lowest BCUT2D eigenvalue weighted by Crippen LogP contribution is -2.18. The molecule has 6 heteroatoms. The van der Waals surface area contributed by atoms with Crippen molar-refractivity contribution in [2.45, 2.75) is 20.0 Å². The van der Waals surface area contributed by atoms with Gasteiger partial charge >= 0.3 is 0 Å². The Morgan fingerprint density at radius 3 is 3.00 bits per heavy atom. The van der Waals surface area contributed by atoms with Crippen molar-refractivity contribution in [3.63, 3.8) is 0 Å². The predicted molar refractivity (Wildman–Crippen MR) is 80.4 cm³/mol. The molecule has 0 saturated heterocycles. The van der Waals surface area contributed by atoms with Crippen LogP contribution >= 0.6 is 11.5 Å². The molecule has 5 nitrogen and oxygen atoms in total. The summed E-state index contributed by atoms with van der Waals surface area (Å²) in [5, 5.41) is 17.4. The maximum Gasteiger partial charge on any atom is 0.134 e. The molecular weight excluding hydrogens is 270 g/mol. The summed E-state index contributed by atoms with van der Waals surface area (Å²) < 4.78 is 3.99. The molecule has 2 rings (SSSR count). The molecule has 0 aliphatic carbocycles. The highest BCUT2D eigenvalue weighted by Crippen LogP contribution is 2.19. The van der Waals surface area contributed by atoms with Crippen molar-refractivity contribution in [1.29, 1.82) is 5.26 Å². The van der Waals surface area contributed by atoms with Crippen LogP contribution in [0.5, 0.6) is 0 Å². The fourth-order valence-electron chi connectivity index (χ4n) is 1.97. The number of nitrogens with one attached hydrogen (secondary N) is 1. The van der Waals surface area contributed by atoms with E-state index in [9.17, 15) is 0 Å². The molecule has 0 aliphatic heterocycles. The van der Waals surface area contributed by atoms with Crippen LogP contribution in [0.4, 0.5) is 5.00 Å². The van der Waals surface area contributed by atoms with Crippen LogP contribution in [0.2, 0.25) is 0 Å². The third-order valence-corrected chi connectivity index (χ3v) is 3.55. The molecule has 2 aromatic rings. The largest absolute Gasteiger partial charge is 0.374 e. The molecule has 0 saturated carbocycles. The van der Waals surface area contributed by atoms with Crippen LogP contribution in [0.15, 0.2) is 24.3 Å². The first-order chi connectivity index (χ1) is 9.72. The first-order valence-corrected chi connectivity index (χ1v) is 7.23. The first-order valence-electron chi connectivity index (χ1n) is 6.45. The smallest absolute Gasteiger partial charge is 0.134 e. The zero-order valence-electron chi connectivity index (χ0n) is 11.6. The number of nitriles is 1. The summed E-state index contributed by atoms with van der Waals surface area (Å²) in [5.41, 5.74) is 2.79. The topological polar surface area (TPSA) is 64.8 Å². The molecule has 0 bridgehead atoms. The molecule has 0 fully saturated rings. The first kappa shape index (κ1) is 14.4. The normalized spacial score (nSPS) is 10.5. The van der Waals surface area contributed by atoms with Gasteiger partial charge in [0.05, 0.1) is 11.6 Å². The fourth-order valence-corrected chi connectivity index (χ4v) is 2.61. The summed E-state index contributed by atoms with van der Waals surface area (Å²) in [5.74, 6) is 0. The fraction of sp³-hybridized carbons (Fsp3) is 0.357. The molecule has 1 heterocycles. The quantitative estimate of drug-likeness (QED) is 0.884. The SMILES string of the molecule is CCNc1snnc1CN(C)Cc1cccc(C#N)c1. The third kappa shape index (κ3) is 3.76. The van der Waals surface area contributed by atoms with Crippen LogP contribution in [0, 0.1) is 11.3 Å². The van der Waals surface area contributed by atoms with Crippen molar-refractivity contribution in [2.24, 2.45) is 0 Å². The molecular formula is C14H17N5S. The summed E-state index contributed by atoms with van der Waals surface area (Å²) in [7, 11) is 2.04. The second kappa shape index (κ2) is 6.98. The van der Waals surface area contributed by atoms with Gasteiger partial charge in [-0.05, 0) is 31.7 Å². The highest BCUT2D eigenvalue weighted by atomic mass is 32.1. The lowest BCUT2D eigenvalue weighted by Gasteiger charge is -2.16. The van der Waals surface area contributed by atoms with Gasteiger partial charge < -0.3 is 5.32 Å². The molecule has 20 heavy (non-hydrogen) atoms. The zero-order valence-corrected chi connectivity index (χ0v) is 12.4. The summed E-state index contributed by atoms with van der Waals surface area (Å²) >= 11 is 1.39. The Balaban J connectivity index is 1.99. The van der Waals surface area contributed by atoms with E-state index in [1.807, 2.05) is 31.3 Å². The minimum Gasteiger partial charge on any atom is -0.374 e. The van der Waals surface area contributed by atoms with E-state index < -0.39 is 0 Å². The summed E-state index contributed by atoms with van der Waals surface area (Å²) in [4.78, 5) is 2.16. The van der Waals surface area contributed by atoms with Crippen molar-refractivity contribution in [1.82, 2.24) is 14.5 Å². The van der Waals surface area contributed by atoms with Gasteiger partial charge in [-0.25, -0.2) is 0 Å². The second-order valence-electron chi connectivity index (χ2n) is 4.56. The zero-order chi connectivity index (χ0) is 14.4. The number of aromatic nitrogens is 2. The highest BCUT2D eigenvalue weighted by Gasteiger charge is 2.10. The van der Waals surface area contributed by atoms with Crippen molar-refractivity contribution < 1.29 is 0 Å². The molecule has 0 atom stereocenters. The standard InChI is InChI=1S/C14H17N5S/c1-3-16-14-13(17-18-20-14)10-19(2)9-12-6-4-5-11(7-12)8-15/h4-7,16H,3,9-10H2,1-2H3. The van der Waals surface area contributed by atoms with Crippen molar-refractivity contribution in [3.05, 3.63) is 41.1 Å². The molecule has 1 aromatic carbocycles. The minimum atomic E-state index is 0.694. The lowest BCUT2D eigenvalue weighted by molar-refractivity contribution is 0.315. The van der Waals surface area contributed by atoms with Gasteiger partial charge in [0.25, 0.3) is 0 Å². The van der Waals surface area contributed by atoms with Gasteiger partial charge in [0.1, 0.15) is 10.7 Å². The van der Waals surface area contributed by atoms with E-state index in [0.29, 0.717) is 5.56 Å². The van der Waals surface area contributed by atoms with E-state index in [1.54, 1.807) is 0 Å². The van der Waals surface area contributed by atoms with Crippen LogP contribution in [-0.4, -0.2) is 28.1 Å². The van der Waals surface area contributed by atoms with Gasteiger partial charge in [0.2, 0.25) is 0 Å². The van der Waals surface area contributed by atoms with Gasteiger partial charge in [-0.3, -0.25) is 4.90 Å². The minimum absolute atomic E-state index is 0.694. The average molecular weight is 287 g/mol. The van der Waals surface area contributed by atoms with Crippen molar-refractivity contribution >= 4 is 16.5 Å². The Bertz CT molecular complexity index is 602. The number of benzene rings is 1. The van der Waals surface area contributed by atoms with E-state index in [-0.39, 0.29) is 0 Å². The molecule has 0 radical (unpaired) electrons. The molecule has 1 aromatic heterocycles. The van der Waals surface area contributed by atoms with Crippen LogP contribution in [-0.2, 0) is 13.1 Å². The van der Waals surface area contributed by atoms with E-state index in [1.165, 1.54) is 11.5 Å². The molecule has 0 spiro atoms. The summed E-state index contributed by atoms with van der Waals surface area (Å²) in [6.07, 6.45) is 0. The number of hydrogen-bond donors (Lipinski definition) is 1.